The predicted octanol–water partition coefficient (Wildman–Crippen LogP) is -5.81. The quantitative estimate of drug-likeness (QED) is 0.0166. The molecule has 0 fully saturated rings. The molecular formula is C50H85N17O14. The van der Waals surface area contributed by atoms with E-state index < -0.39 is 138 Å². The fourth-order valence-corrected chi connectivity index (χ4v) is 7.71. The van der Waals surface area contributed by atoms with Crippen molar-refractivity contribution in [3.63, 3.8) is 0 Å². The summed E-state index contributed by atoms with van der Waals surface area (Å²) >= 11 is 0. The third kappa shape index (κ3) is 28.5. The second kappa shape index (κ2) is 36.9. The molecule has 0 bridgehead atoms. The van der Waals surface area contributed by atoms with Gasteiger partial charge in [-0.15, -0.1) is 0 Å². The van der Waals surface area contributed by atoms with E-state index in [2.05, 4.69) is 52.5 Å². The molecule has 0 radical (unpaired) electrons. The van der Waals surface area contributed by atoms with Crippen LogP contribution < -0.4 is 82.7 Å². The Hall–Kier alpha value is -8.19. The van der Waals surface area contributed by atoms with E-state index in [9.17, 15) is 68.1 Å². The Morgan fingerprint density at radius 3 is 1.33 bits per heavy atom. The number of amides is 9. The Bertz CT molecular complexity index is 2330. The number of nitrogens with one attached hydrogen (secondary N) is 8. The van der Waals surface area contributed by atoms with Gasteiger partial charge in [0.25, 0.3) is 0 Å². The summed E-state index contributed by atoms with van der Waals surface area (Å²) in [5, 5.41) is 49.6. The Labute approximate surface area is 469 Å². The maximum Gasteiger partial charge on any atom is 0.326 e. The Kier molecular flexibility index (Phi) is 32.2. The van der Waals surface area contributed by atoms with Crippen molar-refractivity contribution in [1.82, 2.24) is 42.5 Å². The smallest absolute Gasteiger partial charge is 0.326 e. The largest absolute Gasteiger partial charge is 0.481 e. The lowest BCUT2D eigenvalue weighted by atomic mass is 10.0. The first kappa shape index (κ1) is 70.8. The molecule has 0 saturated carbocycles. The number of rotatable bonds is 39. The molecule has 0 aliphatic rings. The first-order chi connectivity index (χ1) is 38.0. The highest BCUT2D eigenvalue weighted by atomic mass is 16.4. The highest BCUT2D eigenvalue weighted by molar-refractivity contribution is 6.00. The molecule has 0 aromatic heterocycles. The zero-order chi connectivity index (χ0) is 61.5. The molecule has 0 saturated heterocycles. The number of nitrogens with two attached hydrogens (primary N) is 7. The van der Waals surface area contributed by atoms with Gasteiger partial charge >= 0.3 is 11.9 Å². The monoisotopic (exact) mass is 1150 g/mol. The molecule has 31 heteroatoms. The van der Waals surface area contributed by atoms with Crippen LogP contribution in [0.5, 0.6) is 0 Å². The third-order valence-electron chi connectivity index (χ3n) is 12.1. The molecule has 454 valence electrons. The van der Waals surface area contributed by atoms with Crippen LogP contribution in [-0.4, -0.2) is 172 Å². The lowest BCUT2D eigenvalue weighted by molar-refractivity contribution is -0.143. The van der Waals surface area contributed by atoms with Gasteiger partial charge in [0.05, 0.1) is 25.0 Å². The Morgan fingerprint density at radius 2 is 0.914 bits per heavy atom. The fourth-order valence-electron chi connectivity index (χ4n) is 7.71. The second-order valence-corrected chi connectivity index (χ2v) is 20.0. The molecule has 0 aliphatic heterocycles. The molecule has 0 aliphatic carbocycles. The van der Waals surface area contributed by atoms with Crippen molar-refractivity contribution >= 4 is 77.0 Å². The topological polar surface area (TPSA) is 552 Å². The van der Waals surface area contributed by atoms with E-state index >= 15 is 0 Å². The summed E-state index contributed by atoms with van der Waals surface area (Å²) in [6.07, 6.45) is -3.57. The van der Waals surface area contributed by atoms with Crippen LogP contribution in [0.3, 0.4) is 0 Å². The van der Waals surface area contributed by atoms with Gasteiger partial charge in [0.1, 0.15) is 48.3 Å². The van der Waals surface area contributed by atoms with E-state index in [0.717, 1.165) is 6.92 Å². The normalized spacial score (nSPS) is 14.7. The van der Waals surface area contributed by atoms with Crippen molar-refractivity contribution in [3.8, 4) is 0 Å². The van der Waals surface area contributed by atoms with Crippen molar-refractivity contribution < 1.29 is 68.1 Å². The number of hydrogen-bond acceptors (Lipinski definition) is 16. The van der Waals surface area contributed by atoms with Gasteiger partial charge in [-0.2, -0.15) is 0 Å². The number of unbranched alkanes of at least 4 members (excludes halogenated alkanes) is 1. The first-order valence-corrected chi connectivity index (χ1v) is 26.4. The molecule has 1 aromatic carbocycles. The molecule has 0 unspecified atom stereocenters. The summed E-state index contributed by atoms with van der Waals surface area (Å²) in [6, 6.07) is -5.75. The number of carbonyl (C=O) groups is 11. The van der Waals surface area contributed by atoms with Crippen LogP contribution in [0.15, 0.2) is 40.3 Å². The number of hydrogen-bond donors (Lipinski definition) is 18. The summed E-state index contributed by atoms with van der Waals surface area (Å²) in [4.78, 5) is 155. The molecule has 81 heavy (non-hydrogen) atoms. The van der Waals surface area contributed by atoms with E-state index in [1.807, 2.05) is 0 Å². The minimum Gasteiger partial charge on any atom is -0.481 e. The summed E-state index contributed by atoms with van der Waals surface area (Å²) < 4.78 is 0. The number of carbonyl (C=O) groups excluding carboxylic acids is 9. The molecule has 9 amide bonds. The molecule has 1 rings (SSSR count). The average Bonchev–Trinajstić information content (AvgIpc) is 3.37. The zero-order valence-electron chi connectivity index (χ0n) is 46.5. The molecule has 0 spiro atoms. The summed E-state index contributed by atoms with van der Waals surface area (Å²) in [5.74, 6) is -13.5. The van der Waals surface area contributed by atoms with Gasteiger partial charge in [-0.25, -0.2) is 4.79 Å². The Morgan fingerprint density at radius 1 is 0.506 bits per heavy atom. The van der Waals surface area contributed by atoms with E-state index in [1.54, 1.807) is 58.0 Å². The van der Waals surface area contributed by atoms with Crippen molar-refractivity contribution in [3.05, 3.63) is 35.9 Å². The van der Waals surface area contributed by atoms with Crippen LogP contribution >= 0.6 is 0 Å². The minimum atomic E-state index is -1.98. The lowest BCUT2D eigenvalue weighted by Crippen LogP contribution is -2.62. The number of nitrogens with zero attached hydrogens (tertiary/aromatic N) is 2. The zero-order valence-corrected chi connectivity index (χ0v) is 46.5. The van der Waals surface area contributed by atoms with Crippen LogP contribution in [0.4, 0.5) is 0 Å². The number of primary amides is 1. The number of carboxylic acid groups (broad SMARTS) is 2. The van der Waals surface area contributed by atoms with Crippen LogP contribution in [0.1, 0.15) is 104 Å². The average molecular weight is 1150 g/mol. The number of aliphatic hydroxyl groups is 1. The van der Waals surface area contributed by atoms with Gasteiger partial charge in [-0.1, -0.05) is 58.0 Å². The van der Waals surface area contributed by atoms with Gasteiger partial charge in [0, 0.05) is 19.5 Å². The van der Waals surface area contributed by atoms with E-state index in [0.29, 0.717) is 12.0 Å². The highest BCUT2D eigenvalue weighted by Gasteiger charge is 2.37. The van der Waals surface area contributed by atoms with Gasteiger partial charge in [0.15, 0.2) is 11.9 Å². The standard InChI is InChI=1S/C50H85N17O14/c1-25(2)21-35(48(80)81)66-42(74)29(15-9-10-18-51)60-44(76)34(24-37(70)71)65-43(75)33(23-36(52)69)64-41(73)31(17-12-20-59-50(56)57)62-47(79)39(27(5)68)67-45(77)32(22-28-13-7-6-8-14-28)63-40(72)30(16-11-19-58-49(54)55)61-46(78)38(53)26(3)4/h6-8,13-14,25-27,29-35,38-39,68H,9-12,15-24,51,53H2,1-5H3,(H2,52,69)(H,60,76)(H,61,78)(H,62,79)(H,63,72)(H,64,73)(H,65,75)(H,66,74)(H,67,77)(H,70,71)(H,80,81)(H4,54,55,58)(H4,56,57,59)/t27-,29+,30+,31+,32+,33+,34+,35+,38+,39+/m1/s1. The molecule has 25 N–H and O–H groups in total. The number of benzene rings is 1. The number of carboxylic acids is 2. The fraction of sp³-hybridized carbons (Fsp3) is 0.620. The van der Waals surface area contributed by atoms with Crippen molar-refractivity contribution in [2.75, 3.05) is 19.6 Å². The van der Waals surface area contributed by atoms with E-state index in [1.165, 1.54) is 0 Å². The molecule has 10 atom stereocenters. The van der Waals surface area contributed by atoms with Gasteiger partial charge in [-0.05, 0) is 82.2 Å². The van der Waals surface area contributed by atoms with Gasteiger partial charge < -0.3 is 98.0 Å². The molecule has 0 heterocycles. The van der Waals surface area contributed by atoms with Crippen LogP contribution in [0.25, 0.3) is 0 Å². The van der Waals surface area contributed by atoms with E-state index in [-0.39, 0.29) is 94.8 Å². The highest BCUT2D eigenvalue weighted by Crippen LogP contribution is 2.12. The number of aliphatic imine (C=N–C) groups is 2. The summed E-state index contributed by atoms with van der Waals surface area (Å²) in [7, 11) is 0. The molecular weight excluding hydrogens is 1060 g/mol. The minimum absolute atomic E-state index is 0.0163. The second-order valence-electron chi connectivity index (χ2n) is 20.0. The first-order valence-electron chi connectivity index (χ1n) is 26.4. The number of aliphatic hydroxyl groups excluding tert-OH is 1. The van der Waals surface area contributed by atoms with Crippen molar-refractivity contribution in [1.29, 1.82) is 0 Å². The predicted molar refractivity (Wildman–Crippen MR) is 296 cm³/mol. The Balaban J connectivity index is 3.65. The SMILES string of the molecule is CC(C)C[C@H](NC(=O)[C@H](CCCCN)NC(=O)[C@H](CC(=O)O)NC(=O)[C@H](CC(N)=O)NC(=O)[C@H](CCCN=C(N)N)NC(=O)[C@@H](NC(=O)[C@H](Cc1ccccc1)NC(=O)[C@H](CCCN=C(N)N)NC(=O)[C@@H](N)C(C)C)[C@@H](C)O)C(=O)O. The number of aliphatic carboxylic acids is 2. The van der Waals surface area contributed by atoms with E-state index in [4.69, 9.17) is 40.1 Å². The van der Waals surface area contributed by atoms with Gasteiger partial charge in [-0.3, -0.25) is 57.9 Å². The van der Waals surface area contributed by atoms with Gasteiger partial charge in [0.2, 0.25) is 53.2 Å². The van der Waals surface area contributed by atoms with Crippen LogP contribution in [0.2, 0.25) is 0 Å². The molecule has 1 aromatic rings. The third-order valence-corrected chi connectivity index (χ3v) is 12.1. The maximum atomic E-state index is 14.3. The van der Waals surface area contributed by atoms with Crippen molar-refractivity contribution in [2.45, 2.75) is 166 Å². The summed E-state index contributed by atoms with van der Waals surface area (Å²) in [5.41, 5.74) is 39.5. The van der Waals surface area contributed by atoms with Crippen LogP contribution in [-0.2, 0) is 59.2 Å². The molecule has 31 nitrogen and oxygen atoms in total. The number of guanidine groups is 2. The maximum absolute atomic E-state index is 14.3. The lowest BCUT2D eigenvalue weighted by Gasteiger charge is -2.29. The van der Waals surface area contributed by atoms with Crippen molar-refractivity contribution in [2.24, 2.45) is 62.0 Å². The summed E-state index contributed by atoms with van der Waals surface area (Å²) in [6.45, 7) is 8.14. The van der Waals surface area contributed by atoms with Crippen LogP contribution in [0, 0.1) is 11.8 Å².